The lowest BCUT2D eigenvalue weighted by molar-refractivity contribution is -0.112. The van der Waals surface area contributed by atoms with E-state index in [2.05, 4.69) is 20.3 Å². The van der Waals surface area contributed by atoms with Gasteiger partial charge in [-0.15, -0.1) is 0 Å². The van der Waals surface area contributed by atoms with Gasteiger partial charge in [0.25, 0.3) is 5.91 Å². The van der Waals surface area contributed by atoms with Crippen LogP contribution < -0.4 is 5.32 Å². The maximum atomic E-state index is 12.5. The molecule has 0 aliphatic rings. The van der Waals surface area contributed by atoms with Crippen LogP contribution >= 0.6 is 0 Å². The number of pyridine rings is 2. The number of nitrogens with one attached hydrogen (secondary N) is 1. The van der Waals surface area contributed by atoms with Crippen molar-refractivity contribution in [3.63, 3.8) is 0 Å². The van der Waals surface area contributed by atoms with Crippen LogP contribution in [0.3, 0.4) is 0 Å². The molecule has 6 nitrogen and oxygen atoms in total. The van der Waals surface area contributed by atoms with Crippen molar-refractivity contribution >= 4 is 23.8 Å². The Bertz CT molecular complexity index is 825. The lowest BCUT2D eigenvalue weighted by Crippen LogP contribution is -2.18. The third-order valence-electron chi connectivity index (χ3n) is 3.38. The predicted molar refractivity (Wildman–Crippen MR) is 99.5 cm³/mol. The van der Waals surface area contributed by atoms with Gasteiger partial charge in [-0.25, -0.2) is 15.0 Å². The van der Waals surface area contributed by atoms with Crippen LogP contribution in [0.15, 0.2) is 40.6 Å². The SMILES string of the molecule is C/C(O)=C(\C=N\c1cc(C)cc(C)n1)C(=O)Nc1cc(C)cc(C)n1. The van der Waals surface area contributed by atoms with Crippen molar-refractivity contribution < 1.29 is 9.90 Å². The molecule has 0 spiro atoms. The van der Waals surface area contributed by atoms with E-state index < -0.39 is 5.91 Å². The molecule has 6 heteroatoms. The molecule has 2 heterocycles. The number of rotatable bonds is 4. The Balaban J connectivity index is 2.24. The molecule has 0 aromatic carbocycles. The zero-order chi connectivity index (χ0) is 18.6. The van der Waals surface area contributed by atoms with Gasteiger partial charge in [0.1, 0.15) is 11.6 Å². The van der Waals surface area contributed by atoms with Gasteiger partial charge in [-0.3, -0.25) is 4.79 Å². The summed E-state index contributed by atoms with van der Waals surface area (Å²) < 4.78 is 0. The summed E-state index contributed by atoms with van der Waals surface area (Å²) in [6, 6.07) is 7.41. The van der Waals surface area contributed by atoms with E-state index in [0.29, 0.717) is 11.6 Å². The van der Waals surface area contributed by atoms with E-state index in [0.717, 1.165) is 22.5 Å². The third-order valence-corrected chi connectivity index (χ3v) is 3.38. The van der Waals surface area contributed by atoms with Gasteiger partial charge in [0.15, 0.2) is 5.82 Å². The van der Waals surface area contributed by atoms with Crippen molar-refractivity contribution in [3.05, 3.63) is 58.1 Å². The third kappa shape index (κ3) is 5.24. The molecule has 0 saturated heterocycles. The van der Waals surface area contributed by atoms with Crippen LogP contribution in [0.5, 0.6) is 0 Å². The highest BCUT2D eigenvalue weighted by atomic mass is 16.3. The largest absolute Gasteiger partial charge is 0.512 e. The minimum Gasteiger partial charge on any atom is -0.512 e. The van der Waals surface area contributed by atoms with Crippen molar-refractivity contribution in [3.8, 4) is 0 Å². The standard InChI is InChI=1S/C19H22N4O2/c1-11-6-13(3)21-17(8-11)20-10-16(15(5)24)19(25)23-18-9-12(2)7-14(4)22-18/h6-10,24H,1-5H3,(H,22,23,25)/b16-15-,20-10+. The topological polar surface area (TPSA) is 87.5 Å². The number of allylic oxidation sites excluding steroid dienone is 1. The maximum absolute atomic E-state index is 12.5. The second-order valence-electron chi connectivity index (χ2n) is 6.03. The molecule has 0 radical (unpaired) electrons. The van der Waals surface area contributed by atoms with Crippen molar-refractivity contribution in [2.24, 2.45) is 4.99 Å². The van der Waals surface area contributed by atoms with Gasteiger partial charge in [-0.1, -0.05) is 0 Å². The highest BCUT2D eigenvalue weighted by molar-refractivity contribution is 6.18. The number of aryl methyl sites for hydroxylation is 4. The predicted octanol–water partition coefficient (Wildman–Crippen LogP) is 3.88. The molecule has 0 atom stereocenters. The summed E-state index contributed by atoms with van der Waals surface area (Å²) in [5.41, 5.74) is 3.70. The molecule has 0 aliphatic heterocycles. The quantitative estimate of drug-likeness (QED) is 0.503. The molecule has 2 N–H and O–H groups in total. The lowest BCUT2D eigenvalue weighted by Gasteiger charge is -2.08. The summed E-state index contributed by atoms with van der Waals surface area (Å²) in [6.45, 7) is 9.03. The Morgan fingerprint density at radius 3 is 2.20 bits per heavy atom. The molecule has 130 valence electrons. The van der Waals surface area contributed by atoms with Crippen molar-refractivity contribution in [2.75, 3.05) is 5.32 Å². The Morgan fingerprint density at radius 2 is 1.64 bits per heavy atom. The van der Waals surface area contributed by atoms with Crippen LogP contribution in [-0.4, -0.2) is 27.2 Å². The van der Waals surface area contributed by atoms with Crippen molar-refractivity contribution in [1.29, 1.82) is 0 Å². The molecule has 0 fully saturated rings. The Labute approximate surface area is 147 Å². The van der Waals surface area contributed by atoms with E-state index >= 15 is 0 Å². The highest BCUT2D eigenvalue weighted by Crippen LogP contribution is 2.14. The van der Waals surface area contributed by atoms with Crippen molar-refractivity contribution in [1.82, 2.24) is 9.97 Å². The van der Waals surface area contributed by atoms with Crippen LogP contribution in [0, 0.1) is 27.7 Å². The fourth-order valence-electron chi connectivity index (χ4n) is 2.42. The van der Waals surface area contributed by atoms with Crippen LogP contribution in [0.4, 0.5) is 11.6 Å². The summed E-state index contributed by atoms with van der Waals surface area (Å²) in [6.07, 6.45) is 1.31. The van der Waals surface area contributed by atoms with Gasteiger partial charge >= 0.3 is 0 Å². The number of anilines is 1. The Morgan fingerprint density at radius 1 is 1.04 bits per heavy atom. The zero-order valence-electron chi connectivity index (χ0n) is 15.1. The number of amides is 1. The van der Waals surface area contributed by atoms with Crippen LogP contribution in [0.2, 0.25) is 0 Å². The number of carbonyl (C=O) groups is 1. The molecule has 0 aliphatic carbocycles. The number of hydrogen-bond donors (Lipinski definition) is 2. The summed E-state index contributed by atoms with van der Waals surface area (Å²) in [5.74, 6) is 0.299. The van der Waals surface area contributed by atoms with Gasteiger partial charge in [0.2, 0.25) is 0 Å². The summed E-state index contributed by atoms with van der Waals surface area (Å²) >= 11 is 0. The van der Waals surface area contributed by atoms with E-state index in [1.165, 1.54) is 13.1 Å². The van der Waals surface area contributed by atoms with E-state index in [9.17, 15) is 9.90 Å². The number of carbonyl (C=O) groups excluding carboxylic acids is 1. The molecule has 0 unspecified atom stereocenters. The van der Waals surface area contributed by atoms with E-state index in [-0.39, 0.29) is 11.3 Å². The normalized spacial score (nSPS) is 12.2. The van der Waals surface area contributed by atoms with Gasteiger partial charge in [0.05, 0.1) is 5.57 Å². The molecule has 0 bridgehead atoms. The molecule has 25 heavy (non-hydrogen) atoms. The minimum absolute atomic E-state index is 0.0573. The molecule has 2 aromatic rings. The first-order chi connectivity index (χ1) is 11.7. The summed E-state index contributed by atoms with van der Waals surface area (Å²) in [7, 11) is 0. The van der Waals surface area contributed by atoms with E-state index in [4.69, 9.17) is 0 Å². The fraction of sp³-hybridized carbons (Fsp3) is 0.263. The molecule has 0 saturated carbocycles. The minimum atomic E-state index is -0.481. The number of aliphatic imine (C=N–C) groups is 1. The Kier molecular flexibility index (Phi) is 5.64. The summed E-state index contributed by atoms with van der Waals surface area (Å²) in [5, 5.41) is 12.5. The van der Waals surface area contributed by atoms with Crippen LogP contribution in [0.25, 0.3) is 0 Å². The number of nitrogens with zero attached hydrogens (tertiary/aromatic N) is 3. The first-order valence-corrected chi connectivity index (χ1v) is 7.90. The van der Waals surface area contributed by atoms with Gasteiger partial charge in [-0.05, 0) is 70.0 Å². The fourth-order valence-corrected chi connectivity index (χ4v) is 2.42. The maximum Gasteiger partial charge on any atom is 0.261 e. The molecular formula is C19H22N4O2. The number of aromatic nitrogens is 2. The smallest absolute Gasteiger partial charge is 0.261 e. The molecule has 1 amide bonds. The Hall–Kier alpha value is -3.02. The van der Waals surface area contributed by atoms with Gasteiger partial charge in [-0.2, -0.15) is 0 Å². The zero-order valence-corrected chi connectivity index (χ0v) is 15.1. The van der Waals surface area contributed by atoms with Crippen LogP contribution in [-0.2, 0) is 4.79 Å². The first kappa shape index (κ1) is 18.3. The number of aliphatic hydroxyl groups excluding tert-OH is 1. The first-order valence-electron chi connectivity index (χ1n) is 7.90. The molecule has 2 aromatic heterocycles. The lowest BCUT2D eigenvalue weighted by atomic mass is 10.2. The van der Waals surface area contributed by atoms with Gasteiger partial charge in [0, 0.05) is 17.6 Å². The average molecular weight is 338 g/mol. The number of hydrogen-bond acceptors (Lipinski definition) is 5. The molecule has 2 rings (SSSR count). The molecular weight excluding hydrogens is 316 g/mol. The van der Waals surface area contributed by atoms with E-state index in [1.807, 2.05) is 39.8 Å². The second-order valence-corrected chi connectivity index (χ2v) is 6.03. The van der Waals surface area contributed by atoms with Crippen LogP contribution in [0.1, 0.15) is 29.4 Å². The van der Waals surface area contributed by atoms with E-state index in [1.54, 1.807) is 12.1 Å². The second kappa shape index (κ2) is 7.70. The summed E-state index contributed by atoms with van der Waals surface area (Å²) in [4.78, 5) is 25.2. The number of aliphatic hydroxyl groups is 1. The highest BCUT2D eigenvalue weighted by Gasteiger charge is 2.13. The average Bonchev–Trinajstić information content (AvgIpc) is 2.44. The monoisotopic (exact) mass is 338 g/mol. The van der Waals surface area contributed by atoms with Gasteiger partial charge < -0.3 is 10.4 Å². The van der Waals surface area contributed by atoms with Crippen molar-refractivity contribution in [2.45, 2.75) is 34.6 Å².